The van der Waals surface area contributed by atoms with E-state index in [1.54, 1.807) is 25.3 Å². The highest BCUT2D eigenvalue weighted by molar-refractivity contribution is 6.51. The van der Waals surface area contributed by atoms with Gasteiger partial charge < -0.3 is 9.84 Å². The monoisotopic (exact) mass is 452 g/mol. The molecule has 0 bridgehead atoms. The maximum absolute atomic E-state index is 13.5. The summed E-state index contributed by atoms with van der Waals surface area (Å²) in [6, 6.07) is 12.2. The summed E-state index contributed by atoms with van der Waals surface area (Å²) >= 11 is 6.14. The number of Topliss-reactive ketones (excluding diaryl/α,β-unsaturated/α-hetero) is 1. The molecular formula is C24H18ClFN2O4. The van der Waals surface area contributed by atoms with Crippen LogP contribution in [0.4, 0.5) is 10.1 Å². The summed E-state index contributed by atoms with van der Waals surface area (Å²) in [7, 11) is 0. The van der Waals surface area contributed by atoms with Gasteiger partial charge in [0.2, 0.25) is 0 Å². The summed E-state index contributed by atoms with van der Waals surface area (Å²) < 4.78 is 19.0. The molecular weight excluding hydrogens is 435 g/mol. The van der Waals surface area contributed by atoms with Gasteiger partial charge in [0.15, 0.2) is 0 Å². The second-order valence-corrected chi connectivity index (χ2v) is 7.42. The number of pyridine rings is 1. The number of aliphatic hydroxyl groups is 1. The molecule has 1 aliphatic rings. The number of rotatable bonds is 5. The summed E-state index contributed by atoms with van der Waals surface area (Å²) in [6.45, 7) is 2.15. The molecule has 8 heteroatoms. The minimum atomic E-state index is -0.958. The van der Waals surface area contributed by atoms with E-state index in [1.807, 2.05) is 0 Å². The van der Waals surface area contributed by atoms with Crippen molar-refractivity contribution in [2.24, 2.45) is 0 Å². The Morgan fingerprint density at radius 1 is 1.19 bits per heavy atom. The van der Waals surface area contributed by atoms with Crippen LogP contribution in [-0.2, 0) is 9.59 Å². The summed E-state index contributed by atoms with van der Waals surface area (Å²) in [4.78, 5) is 31.4. The fourth-order valence-electron chi connectivity index (χ4n) is 3.63. The molecule has 1 aromatic heterocycles. The predicted molar refractivity (Wildman–Crippen MR) is 118 cm³/mol. The zero-order chi connectivity index (χ0) is 22.8. The van der Waals surface area contributed by atoms with Crippen molar-refractivity contribution >= 4 is 34.7 Å². The van der Waals surface area contributed by atoms with Gasteiger partial charge in [0.25, 0.3) is 11.7 Å². The Morgan fingerprint density at radius 3 is 2.59 bits per heavy atom. The van der Waals surface area contributed by atoms with E-state index in [1.165, 1.54) is 53.6 Å². The number of hydrogen-bond acceptors (Lipinski definition) is 5. The second kappa shape index (κ2) is 8.80. The Bertz CT molecular complexity index is 1210. The molecule has 2 heterocycles. The molecule has 1 aliphatic heterocycles. The topological polar surface area (TPSA) is 79.7 Å². The van der Waals surface area contributed by atoms with Crippen LogP contribution in [0.2, 0.25) is 5.02 Å². The van der Waals surface area contributed by atoms with Gasteiger partial charge in [-0.05, 0) is 61.0 Å². The molecule has 0 radical (unpaired) electrons. The first-order valence-electron chi connectivity index (χ1n) is 9.81. The number of anilines is 1. The number of carbonyl (C=O) groups is 2. The lowest BCUT2D eigenvalue weighted by molar-refractivity contribution is -0.132. The van der Waals surface area contributed by atoms with Crippen molar-refractivity contribution in [1.82, 2.24) is 4.98 Å². The fraction of sp³-hybridized carbons (Fsp3) is 0.125. The van der Waals surface area contributed by atoms with E-state index in [2.05, 4.69) is 4.98 Å². The fourth-order valence-corrected chi connectivity index (χ4v) is 3.80. The molecule has 1 unspecified atom stereocenters. The van der Waals surface area contributed by atoms with Gasteiger partial charge >= 0.3 is 0 Å². The number of carbonyl (C=O) groups excluding carboxylic acids is 2. The van der Waals surface area contributed by atoms with Gasteiger partial charge in [0, 0.05) is 23.6 Å². The van der Waals surface area contributed by atoms with E-state index in [-0.39, 0.29) is 16.9 Å². The number of benzene rings is 2. The quantitative estimate of drug-likeness (QED) is 0.338. The van der Waals surface area contributed by atoms with E-state index in [0.29, 0.717) is 28.6 Å². The SMILES string of the molecule is CCOc1cc(/C(O)=C2/C(=O)C(=O)N(c3ccc(F)cc3)C2c2cccnc2)ccc1Cl. The standard InChI is InChI=1S/C24H18ClFN2O4/c1-2-32-19-12-14(5-10-18(19)25)22(29)20-21(15-4-3-11-27-13-15)28(24(31)23(20)30)17-8-6-16(26)7-9-17/h3-13,21,29H,2H2,1H3/b22-20-. The van der Waals surface area contributed by atoms with Crippen molar-refractivity contribution in [3.63, 3.8) is 0 Å². The van der Waals surface area contributed by atoms with E-state index < -0.39 is 23.5 Å². The third-order valence-electron chi connectivity index (χ3n) is 5.05. The van der Waals surface area contributed by atoms with Gasteiger partial charge in [-0.1, -0.05) is 17.7 Å². The minimum Gasteiger partial charge on any atom is -0.507 e. The van der Waals surface area contributed by atoms with Crippen LogP contribution in [0, 0.1) is 5.82 Å². The third kappa shape index (κ3) is 3.83. The van der Waals surface area contributed by atoms with Crippen LogP contribution < -0.4 is 9.64 Å². The van der Waals surface area contributed by atoms with Crippen LogP contribution in [-0.4, -0.2) is 28.4 Å². The van der Waals surface area contributed by atoms with Crippen LogP contribution >= 0.6 is 11.6 Å². The Kier molecular flexibility index (Phi) is 5.92. The highest BCUT2D eigenvalue weighted by atomic mass is 35.5. The van der Waals surface area contributed by atoms with Crippen molar-refractivity contribution in [2.75, 3.05) is 11.5 Å². The van der Waals surface area contributed by atoms with Crippen molar-refractivity contribution in [1.29, 1.82) is 0 Å². The van der Waals surface area contributed by atoms with Gasteiger partial charge in [0.05, 0.1) is 23.2 Å². The summed E-state index contributed by atoms with van der Waals surface area (Å²) in [6.07, 6.45) is 3.06. The first kappa shape index (κ1) is 21.5. The first-order chi connectivity index (χ1) is 15.4. The van der Waals surface area contributed by atoms with Crippen molar-refractivity contribution in [3.8, 4) is 5.75 Å². The predicted octanol–water partition coefficient (Wildman–Crippen LogP) is 4.90. The number of hydrogen-bond donors (Lipinski definition) is 1. The number of aliphatic hydroxyl groups excluding tert-OH is 1. The molecule has 0 saturated carbocycles. The van der Waals surface area contributed by atoms with E-state index in [0.717, 1.165) is 0 Å². The Balaban J connectivity index is 1.91. The van der Waals surface area contributed by atoms with E-state index in [4.69, 9.17) is 16.3 Å². The molecule has 2 aromatic carbocycles. The molecule has 3 aromatic rings. The highest BCUT2D eigenvalue weighted by Crippen LogP contribution is 2.42. The van der Waals surface area contributed by atoms with Gasteiger partial charge in [0.1, 0.15) is 17.3 Å². The molecule has 162 valence electrons. The number of nitrogens with zero attached hydrogens (tertiary/aromatic N) is 2. The van der Waals surface area contributed by atoms with E-state index >= 15 is 0 Å². The lowest BCUT2D eigenvalue weighted by Crippen LogP contribution is -2.29. The normalized spacial score (nSPS) is 17.6. The highest BCUT2D eigenvalue weighted by Gasteiger charge is 2.47. The second-order valence-electron chi connectivity index (χ2n) is 7.01. The average molecular weight is 453 g/mol. The molecule has 0 aliphatic carbocycles. The van der Waals surface area contributed by atoms with Crippen LogP contribution in [0.15, 0.2) is 72.6 Å². The lowest BCUT2D eigenvalue weighted by atomic mass is 9.96. The molecule has 1 amide bonds. The lowest BCUT2D eigenvalue weighted by Gasteiger charge is -2.25. The van der Waals surface area contributed by atoms with Crippen molar-refractivity contribution < 1.29 is 23.8 Å². The van der Waals surface area contributed by atoms with Crippen molar-refractivity contribution in [3.05, 3.63) is 94.5 Å². The summed E-state index contributed by atoms with van der Waals surface area (Å²) in [5, 5.41) is 11.5. The Morgan fingerprint density at radius 2 is 1.94 bits per heavy atom. The molecule has 4 rings (SSSR count). The summed E-state index contributed by atoms with van der Waals surface area (Å²) in [5.74, 6) is -2.23. The van der Waals surface area contributed by atoms with E-state index in [9.17, 15) is 19.1 Å². The molecule has 6 nitrogen and oxygen atoms in total. The number of ether oxygens (including phenoxy) is 1. The smallest absolute Gasteiger partial charge is 0.300 e. The van der Waals surface area contributed by atoms with Gasteiger partial charge in [-0.15, -0.1) is 0 Å². The zero-order valence-corrected chi connectivity index (χ0v) is 17.7. The Hall–Kier alpha value is -3.71. The largest absolute Gasteiger partial charge is 0.507 e. The van der Waals surface area contributed by atoms with Crippen LogP contribution in [0.1, 0.15) is 24.1 Å². The third-order valence-corrected chi connectivity index (χ3v) is 5.37. The van der Waals surface area contributed by atoms with Gasteiger partial charge in [-0.3, -0.25) is 19.5 Å². The molecule has 1 fully saturated rings. The summed E-state index contributed by atoms with van der Waals surface area (Å²) in [5.41, 5.74) is 0.977. The number of ketones is 1. The molecule has 0 spiro atoms. The zero-order valence-electron chi connectivity index (χ0n) is 17.0. The maximum Gasteiger partial charge on any atom is 0.300 e. The molecule has 1 saturated heterocycles. The number of amides is 1. The van der Waals surface area contributed by atoms with Crippen molar-refractivity contribution in [2.45, 2.75) is 13.0 Å². The molecule has 32 heavy (non-hydrogen) atoms. The van der Waals surface area contributed by atoms with Crippen LogP contribution in [0.5, 0.6) is 5.75 Å². The van der Waals surface area contributed by atoms with Crippen LogP contribution in [0.25, 0.3) is 5.76 Å². The number of aromatic nitrogens is 1. The maximum atomic E-state index is 13.5. The number of halogens is 2. The Labute approximate surface area is 188 Å². The average Bonchev–Trinajstić information content (AvgIpc) is 3.07. The molecule has 1 atom stereocenters. The first-order valence-corrected chi connectivity index (χ1v) is 10.2. The molecule has 1 N–H and O–H groups in total. The van der Waals surface area contributed by atoms with Crippen LogP contribution in [0.3, 0.4) is 0 Å². The minimum absolute atomic E-state index is 0.114. The van der Waals surface area contributed by atoms with Gasteiger partial charge in [-0.2, -0.15) is 0 Å². The van der Waals surface area contributed by atoms with Gasteiger partial charge in [-0.25, -0.2) is 4.39 Å².